The summed E-state index contributed by atoms with van der Waals surface area (Å²) in [5, 5.41) is 15.4. The first-order chi connectivity index (χ1) is 13.1. The van der Waals surface area contributed by atoms with E-state index >= 15 is 0 Å². The summed E-state index contributed by atoms with van der Waals surface area (Å²) in [6.07, 6.45) is 0. The van der Waals surface area contributed by atoms with Crippen LogP contribution in [0.1, 0.15) is 5.89 Å². The third-order valence-electron chi connectivity index (χ3n) is 3.80. The van der Waals surface area contributed by atoms with Crippen LogP contribution in [0, 0.1) is 10.1 Å². The number of nitro benzene ring substituents is 1. The van der Waals surface area contributed by atoms with Crippen molar-refractivity contribution in [1.82, 2.24) is 20.1 Å². The second-order valence-electron chi connectivity index (χ2n) is 5.53. The van der Waals surface area contributed by atoms with E-state index in [0.717, 1.165) is 21.9 Å². The molecule has 0 aliphatic heterocycles. The summed E-state index contributed by atoms with van der Waals surface area (Å²) in [7, 11) is 1.62. The van der Waals surface area contributed by atoms with Gasteiger partial charge in [-0.05, 0) is 24.3 Å². The zero-order valence-corrected chi connectivity index (χ0v) is 14.9. The van der Waals surface area contributed by atoms with Gasteiger partial charge in [-0.25, -0.2) is 4.98 Å². The van der Waals surface area contributed by atoms with Crippen molar-refractivity contribution in [2.24, 2.45) is 0 Å². The van der Waals surface area contributed by atoms with Gasteiger partial charge in [0.1, 0.15) is 5.75 Å². The molecule has 27 heavy (non-hydrogen) atoms. The van der Waals surface area contributed by atoms with E-state index in [1.807, 2.05) is 18.2 Å². The van der Waals surface area contributed by atoms with Crippen LogP contribution in [0.5, 0.6) is 5.75 Å². The summed E-state index contributed by atoms with van der Waals surface area (Å²) in [4.78, 5) is 22.3. The minimum atomic E-state index is -0.453. The van der Waals surface area contributed by atoms with Gasteiger partial charge in [-0.2, -0.15) is 4.98 Å². The van der Waals surface area contributed by atoms with E-state index in [4.69, 9.17) is 9.26 Å². The summed E-state index contributed by atoms with van der Waals surface area (Å²) in [6.45, 7) is 0. The monoisotopic (exact) mass is 383 g/mol. The molecule has 0 saturated heterocycles. The predicted octanol–water partition coefficient (Wildman–Crippen LogP) is 3.82. The van der Waals surface area contributed by atoms with Gasteiger partial charge in [-0.3, -0.25) is 10.1 Å². The average Bonchev–Trinajstić information content (AvgIpc) is 3.32. The van der Waals surface area contributed by atoms with Crippen LogP contribution in [-0.4, -0.2) is 32.1 Å². The van der Waals surface area contributed by atoms with Crippen LogP contribution in [0.4, 0.5) is 5.69 Å². The number of benzene rings is 2. The number of ether oxygens (including phenoxy) is 1. The van der Waals surface area contributed by atoms with Gasteiger partial charge >= 0.3 is 0 Å². The number of thioether (sulfide) groups is 1. The maximum absolute atomic E-state index is 10.7. The molecule has 136 valence electrons. The number of fused-ring (bicyclic) bond motifs is 1. The van der Waals surface area contributed by atoms with Gasteiger partial charge < -0.3 is 14.2 Å². The van der Waals surface area contributed by atoms with Gasteiger partial charge in [0.15, 0.2) is 5.16 Å². The van der Waals surface area contributed by atoms with Crippen molar-refractivity contribution in [3.05, 3.63) is 58.5 Å². The van der Waals surface area contributed by atoms with Crippen molar-refractivity contribution in [3.63, 3.8) is 0 Å². The number of rotatable bonds is 6. The molecule has 0 saturated carbocycles. The molecular weight excluding hydrogens is 370 g/mol. The Morgan fingerprint density at radius 2 is 2.04 bits per heavy atom. The molecule has 0 bridgehead atoms. The van der Waals surface area contributed by atoms with Crippen LogP contribution in [0.2, 0.25) is 0 Å². The molecule has 2 aromatic carbocycles. The number of imidazole rings is 1. The summed E-state index contributed by atoms with van der Waals surface area (Å²) in [5.41, 5.74) is 2.39. The van der Waals surface area contributed by atoms with Crippen molar-refractivity contribution in [3.8, 4) is 17.1 Å². The van der Waals surface area contributed by atoms with E-state index < -0.39 is 4.92 Å². The first-order valence-corrected chi connectivity index (χ1v) is 8.85. The molecule has 0 aliphatic rings. The Morgan fingerprint density at radius 3 is 2.78 bits per heavy atom. The first kappa shape index (κ1) is 17.0. The lowest BCUT2D eigenvalue weighted by Crippen LogP contribution is -1.88. The van der Waals surface area contributed by atoms with Crippen LogP contribution in [0.15, 0.2) is 52.1 Å². The van der Waals surface area contributed by atoms with Crippen molar-refractivity contribution in [2.75, 3.05) is 7.11 Å². The van der Waals surface area contributed by atoms with Crippen LogP contribution in [0.25, 0.3) is 22.4 Å². The Kier molecular flexibility index (Phi) is 4.47. The molecule has 0 fully saturated rings. The number of non-ortho nitro benzene ring substituents is 1. The Morgan fingerprint density at radius 1 is 1.22 bits per heavy atom. The van der Waals surface area contributed by atoms with Crippen molar-refractivity contribution >= 4 is 28.5 Å². The highest BCUT2D eigenvalue weighted by molar-refractivity contribution is 7.98. The van der Waals surface area contributed by atoms with E-state index in [-0.39, 0.29) is 5.69 Å². The molecule has 2 aromatic heterocycles. The lowest BCUT2D eigenvalue weighted by atomic mass is 10.2. The fourth-order valence-corrected chi connectivity index (χ4v) is 3.18. The molecular formula is C17H13N5O4S. The SMILES string of the molecule is COc1ccc2nc(SCc3nc(-c4ccc([N+](=O)[O-])cc4)no3)[nH]c2c1. The fourth-order valence-electron chi connectivity index (χ4n) is 2.45. The Labute approximate surface area is 156 Å². The Hall–Kier alpha value is -3.40. The number of hydrogen-bond acceptors (Lipinski definition) is 8. The third kappa shape index (κ3) is 3.60. The Bertz CT molecular complexity index is 1110. The topological polar surface area (TPSA) is 120 Å². The van der Waals surface area contributed by atoms with Gasteiger partial charge in [0.25, 0.3) is 5.69 Å². The number of aromatic nitrogens is 4. The quantitative estimate of drug-likeness (QED) is 0.303. The lowest BCUT2D eigenvalue weighted by molar-refractivity contribution is -0.384. The van der Waals surface area contributed by atoms with Gasteiger partial charge in [0, 0.05) is 23.8 Å². The van der Waals surface area contributed by atoms with Crippen LogP contribution < -0.4 is 4.74 Å². The smallest absolute Gasteiger partial charge is 0.269 e. The number of nitrogens with one attached hydrogen (secondary N) is 1. The summed E-state index contributed by atoms with van der Waals surface area (Å²) >= 11 is 1.43. The van der Waals surface area contributed by atoms with Gasteiger partial charge in [0.2, 0.25) is 11.7 Å². The largest absolute Gasteiger partial charge is 0.497 e. The first-order valence-electron chi connectivity index (χ1n) is 7.86. The number of nitro groups is 1. The molecule has 4 aromatic rings. The van der Waals surface area contributed by atoms with Gasteiger partial charge in [-0.15, -0.1) is 0 Å². The van der Waals surface area contributed by atoms with Gasteiger partial charge in [-0.1, -0.05) is 16.9 Å². The van der Waals surface area contributed by atoms with E-state index in [2.05, 4.69) is 20.1 Å². The van der Waals surface area contributed by atoms with E-state index in [9.17, 15) is 10.1 Å². The van der Waals surface area contributed by atoms with E-state index in [1.165, 1.54) is 23.9 Å². The molecule has 4 rings (SSSR count). The number of aromatic amines is 1. The average molecular weight is 383 g/mol. The van der Waals surface area contributed by atoms with Crippen LogP contribution in [0.3, 0.4) is 0 Å². The zero-order chi connectivity index (χ0) is 18.8. The zero-order valence-electron chi connectivity index (χ0n) is 14.1. The number of hydrogen-bond donors (Lipinski definition) is 1. The van der Waals surface area contributed by atoms with Crippen LogP contribution in [-0.2, 0) is 5.75 Å². The highest BCUT2D eigenvalue weighted by Crippen LogP contribution is 2.26. The molecule has 10 heteroatoms. The van der Waals surface area contributed by atoms with Crippen molar-refractivity contribution < 1.29 is 14.2 Å². The molecule has 0 amide bonds. The highest BCUT2D eigenvalue weighted by atomic mass is 32.2. The molecule has 1 N–H and O–H groups in total. The number of nitrogens with zero attached hydrogens (tertiary/aromatic N) is 4. The standard InChI is InChI=1S/C17H13N5O4S/c1-25-12-6-7-13-14(8-12)19-17(18-13)27-9-15-20-16(21-26-15)10-2-4-11(5-3-10)22(23)24/h2-8H,9H2,1H3,(H,18,19). The maximum atomic E-state index is 10.7. The maximum Gasteiger partial charge on any atom is 0.269 e. The molecule has 0 aliphatic carbocycles. The Balaban J connectivity index is 1.45. The summed E-state index contributed by atoms with van der Waals surface area (Å²) < 4.78 is 10.5. The normalized spacial score (nSPS) is 11.0. The summed E-state index contributed by atoms with van der Waals surface area (Å²) in [5.74, 6) is 2.02. The van der Waals surface area contributed by atoms with Gasteiger partial charge in [0.05, 0.1) is 28.8 Å². The second-order valence-corrected chi connectivity index (χ2v) is 6.49. The van der Waals surface area contributed by atoms with E-state index in [1.54, 1.807) is 19.2 Å². The molecule has 0 radical (unpaired) electrons. The molecule has 9 nitrogen and oxygen atoms in total. The molecule has 0 unspecified atom stereocenters. The third-order valence-corrected chi connectivity index (χ3v) is 4.66. The second kappa shape index (κ2) is 7.08. The number of H-pyrrole nitrogens is 1. The molecule has 2 heterocycles. The van der Waals surface area contributed by atoms with E-state index in [0.29, 0.717) is 23.0 Å². The van der Waals surface area contributed by atoms with Crippen molar-refractivity contribution in [2.45, 2.75) is 10.9 Å². The summed E-state index contributed by atoms with van der Waals surface area (Å²) in [6, 6.07) is 11.6. The van der Waals surface area contributed by atoms with Crippen molar-refractivity contribution in [1.29, 1.82) is 0 Å². The fraction of sp³-hybridized carbons (Fsp3) is 0.118. The predicted molar refractivity (Wildman–Crippen MR) is 98.6 cm³/mol. The minimum Gasteiger partial charge on any atom is -0.497 e. The molecule has 0 spiro atoms. The minimum absolute atomic E-state index is 0.0135. The highest BCUT2D eigenvalue weighted by Gasteiger charge is 2.12. The molecule has 0 atom stereocenters. The lowest BCUT2D eigenvalue weighted by Gasteiger charge is -1.96. The van der Waals surface area contributed by atoms with Crippen LogP contribution >= 0.6 is 11.8 Å². The number of methoxy groups -OCH3 is 1.